The second kappa shape index (κ2) is 3.15. The predicted molar refractivity (Wildman–Crippen MR) is 45.0 cm³/mol. The lowest BCUT2D eigenvalue weighted by molar-refractivity contribution is 0.564. The molecule has 2 nitrogen and oxygen atoms in total. The summed E-state index contributed by atoms with van der Waals surface area (Å²) in [5, 5.41) is 0. The van der Waals surface area contributed by atoms with Gasteiger partial charge in [0.05, 0.1) is 4.90 Å². The van der Waals surface area contributed by atoms with Gasteiger partial charge in [0.25, 0.3) is 0 Å². The van der Waals surface area contributed by atoms with Crippen molar-refractivity contribution >= 4 is 11.1 Å². The van der Waals surface area contributed by atoms with Crippen LogP contribution in [0.5, 0.6) is 0 Å². The molecule has 0 aliphatic rings. The summed E-state index contributed by atoms with van der Waals surface area (Å²) in [6.45, 7) is 3.79. The van der Waals surface area contributed by atoms with E-state index in [9.17, 15) is 4.21 Å². The van der Waals surface area contributed by atoms with Crippen LogP contribution in [0.15, 0.2) is 23.1 Å². The average molecular weight is 170 g/mol. The Labute approximate surface area is 68.5 Å². The van der Waals surface area contributed by atoms with Gasteiger partial charge in [0.15, 0.2) is 11.1 Å². The minimum absolute atomic E-state index is 0.496. The zero-order valence-electron chi connectivity index (χ0n) is 6.50. The van der Waals surface area contributed by atoms with Gasteiger partial charge in [-0.05, 0) is 25.5 Å². The minimum Gasteiger partial charge on any atom is -0.302 e. The SMILES string of the molecule is Cc1ccc(S(=O)O)c(C)c1. The zero-order valence-corrected chi connectivity index (χ0v) is 7.31. The summed E-state index contributed by atoms with van der Waals surface area (Å²) in [7, 11) is 0. The van der Waals surface area contributed by atoms with Crippen molar-refractivity contribution in [3.05, 3.63) is 29.3 Å². The molecule has 0 aromatic heterocycles. The van der Waals surface area contributed by atoms with Crippen LogP contribution >= 0.6 is 0 Å². The Bertz CT molecular complexity index is 294. The lowest BCUT2D eigenvalue weighted by Crippen LogP contribution is -1.92. The molecule has 1 rings (SSSR count). The predicted octanol–water partition coefficient (Wildman–Crippen LogP) is 1.88. The number of aryl methyl sites for hydroxylation is 2. The van der Waals surface area contributed by atoms with E-state index in [1.54, 1.807) is 6.07 Å². The molecule has 0 aliphatic heterocycles. The van der Waals surface area contributed by atoms with E-state index in [4.69, 9.17) is 4.55 Å². The lowest BCUT2D eigenvalue weighted by Gasteiger charge is -2.00. The maximum Gasteiger partial charge on any atom is 0.186 e. The Morgan fingerprint density at radius 3 is 2.45 bits per heavy atom. The van der Waals surface area contributed by atoms with E-state index >= 15 is 0 Å². The van der Waals surface area contributed by atoms with E-state index in [1.807, 2.05) is 26.0 Å². The fourth-order valence-electron chi connectivity index (χ4n) is 0.995. The molecular weight excluding hydrogens is 160 g/mol. The van der Waals surface area contributed by atoms with Crippen LogP contribution in [0.1, 0.15) is 11.1 Å². The third kappa shape index (κ3) is 1.88. The number of hydrogen-bond donors (Lipinski definition) is 1. The van der Waals surface area contributed by atoms with Gasteiger partial charge >= 0.3 is 0 Å². The van der Waals surface area contributed by atoms with Crippen LogP contribution in [0.3, 0.4) is 0 Å². The summed E-state index contributed by atoms with van der Waals surface area (Å²) in [5.74, 6) is 0. The molecular formula is C8H10O2S. The van der Waals surface area contributed by atoms with Gasteiger partial charge in [-0.1, -0.05) is 17.7 Å². The van der Waals surface area contributed by atoms with Gasteiger partial charge in [0.1, 0.15) is 0 Å². The summed E-state index contributed by atoms with van der Waals surface area (Å²) in [4.78, 5) is 0.496. The molecule has 1 aromatic rings. The summed E-state index contributed by atoms with van der Waals surface area (Å²) < 4.78 is 19.4. The van der Waals surface area contributed by atoms with Gasteiger partial charge in [0, 0.05) is 0 Å². The van der Waals surface area contributed by atoms with Crippen LogP contribution in [-0.2, 0) is 11.1 Å². The van der Waals surface area contributed by atoms with Crippen molar-refractivity contribution in [1.82, 2.24) is 0 Å². The molecule has 1 unspecified atom stereocenters. The van der Waals surface area contributed by atoms with Crippen LogP contribution in [0.4, 0.5) is 0 Å². The van der Waals surface area contributed by atoms with Crippen molar-refractivity contribution < 1.29 is 8.76 Å². The zero-order chi connectivity index (χ0) is 8.43. The van der Waals surface area contributed by atoms with E-state index in [-0.39, 0.29) is 0 Å². The molecule has 60 valence electrons. The van der Waals surface area contributed by atoms with E-state index < -0.39 is 11.1 Å². The highest BCUT2D eigenvalue weighted by Gasteiger charge is 2.02. The van der Waals surface area contributed by atoms with Crippen LogP contribution < -0.4 is 0 Å². The van der Waals surface area contributed by atoms with Crippen molar-refractivity contribution in [1.29, 1.82) is 0 Å². The lowest BCUT2D eigenvalue weighted by atomic mass is 10.2. The van der Waals surface area contributed by atoms with Crippen LogP contribution in [0, 0.1) is 13.8 Å². The Kier molecular flexibility index (Phi) is 2.42. The first-order valence-corrected chi connectivity index (χ1v) is 4.40. The maximum atomic E-state index is 10.6. The number of hydrogen-bond acceptors (Lipinski definition) is 1. The molecule has 0 fully saturated rings. The van der Waals surface area contributed by atoms with Gasteiger partial charge in [-0.3, -0.25) is 0 Å². The molecule has 11 heavy (non-hydrogen) atoms. The quantitative estimate of drug-likeness (QED) is 0.653. The molecule has 1 N–H and O–H groups in total. The number of rotatable bonds is 1. The Morgan fingerprint density at radius 1 is 1.36 bits per heavy atom. The molecule has 0 saturated heterocycles. The van der Waals surface area contributed by atoms with E-state index in [2.05, 4.69) is 0 Å². The Balaban J connectivity index is 3.20. The standard InChI is InChI=1S/C8H10O2S/c1-6-3-4-8(11(9)10)7(2)5-6/h3-5H,1-2H3,(H,9,10). The maximum absolute atomic E-state index is 10.6. The van der Waals surface area contributed by atoms with E-state index in [1.165, 1.54) is 0 Å². The fourth-order valence-corrected chi connectivity index (χ4v) is 1.51. The Morgan fingerprint density at radius 2 is 2.00 bits per heavy atom. The van der Waals surface area contributed by atoms with Crippen LogP contribution in [0.2, 0.25) is 0 Å². The molecule has 0 amide bonds. The largest absolute Gasteiger partial charge is 0.302 e. The second-order valence-electron chi connectivity index (χ2n) is 2.52. The molecule has 1 aromatic carbocycles. The molecule has 1 atom stereocenters. The molecule has 0 heterocycles. The van der Waals surface area contributed by atoms with Gasteiger partial charge in [-0.2, -0.15) is 0 Å². The Hall–Kier alpha value is -0.670. The first kappa shape index (κ1) is 8.43. The second-order valence-corrected chi connectivity index (χ2v) is 3.46. The average Bonchev–Trinajstić information content (AvgIpc) is 1.85. The van der Waals surface area contributed by atoms with E-state index in [0.29, 0.717) is 4.90 Å². The van der Waals surface area contributed by atoms with Gasteiger partial charge in [0.2, 0.25) is 0 Å². The summed E-state index contributed by atoms with van der Waals surface area (Å²) in [5.41, 5.74) is 1.97. The topological polar surface area (TPSA) is 37.3 Å². The van der Waals surface area contributed by atoms with Crippen molar-refractivity contribution in [2.75, 3.05) is 0 Å². The summed E-state index contributed by atoms with van der Waals surface area (Å²) in [6.07, 6.45) is 0. The third-order valence-corrected chi connectivity index (χ3v) is 2.35. The molecule has 0 saturated carbocycles. The molecule has 0 spiro atoms. The van der Waals surface area contributed by atoms with Crippen molar-refractivity contribution in [3.8, 4) is 0 Å². The van der Waals surface area contributed by atoms with Crippen LogP contribution in [-0.4, -0.2) is 8.76 Å². The summed E-state index contributed by atoms with van der Waals surface area (Å²) in [6, 6.07) is 5.40. The summed E-state index contributed by atoms with van der Waals surface area (Å²) >= 11 is -1.85. The molecule has 0 radical (unpaired) electrons. The first-order chi connectivity index (χ1) is 5.11. The minimum atomic E-state index is -1.85. The van der Waals surface area contributed by atoms with Crippen LogP contribution in [0.25, 0.3) is 0 Å². The highest BCUT2D eigenvalue weighted by molar-refractivity contribution is 7.79. The highest BCUT2D eigenvalue weighted by Crippen LogP contribution is 2.12. The highest BCUT2D eigenvalue weighted by atomic mass is 32.2. The van der Waals surface area contributed by atoms with Gasteiger partial charge in [-0.15, -0.1) is 0 Å². The monoisotopic (exact) mass is 170 g/mol. The fraction of sp³-hybridized carbons (Fsp3) is 0.250. The van der Waals surface area contributed by atoms with Crippen molar-refractivity contribution in [2.45, 2.75) is 18.7 Å². The van der Waals surface area contributed by atoms with Crippen molar-refractivity contribution in [3.63, 3.8) is 0 Å². The van der Waals surface area contributed by atoms with Gasteiger partial charge in [-0.25, -0.2) is 4.21 Å². The molecule has 0 bridgehead atoms. The van der Waals surface area contributed by atoms with E-state index in [0.717, 1.165) is 11.1 Å². The number of benzene rings is 1. The smallest absolute Gasteiger partial charge is 0.186 e. The molecule has 0 aliphatic carbocycles. The first-order valence-electron chi connectivity index (χ1n) is 3.29. The third-order valence-electron chi connectivity index (χ3n) is 1.52. The van der Waals surface area contributed by atoms with Gasteiger partial charge < -0.3 is 4.55 Å². The normalized spacial score (nSPS) is 13.0. The molecule has 3 heteroatoms. The van der Waals surface area contributed by atoms with Crippen molar-refractivity contribution in [2.24, 2.45) is 0 Å².